The lowest BCUT2D eigenvalue weighted by Crippen LogP contribution is -2.44. The van der Waals surface area contributed by atoms with Gasteiger partial charge in [-0.25, -0.2) is 4.79 Å². The lowest BCUT2D eigenvalue weighted by molar-refractivity contribution is -0.144. The highest BCUT2D eigenvalue weighted by Crippen LogP contribution is 2.49. The van der Waals surface area contributed by atoms with Gasteiger partial charge in [-0.05, 0) is 31.4 Å². The van der Waals surface area contributed by atoms with Gasteiger partial charge < -0.3 is 10.1 Å². The zero-order valence-corrected chi connectivity index (χ0v) is 12.2. The Kier molecular flexibility index (Phi) is 4.17. The van der Waals surface area contributed by atoms with Gasteiger partial charge in [-0.15, -0.1) is 0 Å². The second kappa shape index (κ2) is 5.62. The summed E-state index contributed by atoms with van der Waals surface area (Å²) in [6, 6.07) is 3.91. The summed E-state index contributed by atoms with van der Waals surface area (Å²) in [4.78, 5) is 23.7. The van der Waals surface area contributed by atoms with E-state index in [0.29, 0.717) is 18.4 Å². The summed E-state index contributed by atoms with van der Waals surface area (Å²) in [6.07, 6.45) is -3.55. The molecule has 0 radical (unpaired) electrons. The molecule has 1 N–H and O–H groups in total. The molecule has 1 fully saturated rings. The van der Waals surface area contributed by atoms with Crippen LogP contribution in [0.3, 0.4) is 0 Å². The average Bonchev–Trinajstić information content (AvgIpc) is 3.27. The molecule has 0 unspecified atom stereocenters. The predicted molar refractivity (Wildman–Crippen MR) is 72.0 cm³/mol. The molecular weight excluding hydrogens is 299 g/mol. The molecule has 1 aliphatic rings. The first kappa shape index (κ1) is 16.3. The number of benzene rings is 1. The highest BCUT2D eigenvalue weighted by molar-refractivity contribution is 5.94. The van der Waals surface area contributed by atoms with E-state index in [1.54, 1.807) is 0 Å². The van der Waals surface area contributed by atoms with Crippen LogP contribution in [-0.2, 0) is 25.9 Å². The third-order valence-electron chi connectivity index (χ3n) is 3.83. The van der Waals surface area contributed by atoms with Crippen molar-refractivity contribution in [3.63, 3.8) is 0 Å². The molecule has 1 amide bonds. The normalized spacial score (nSPS) is 17.5. The zero-order valence-electron chi connectivity index (χ0n) is 12.2. The van der Waals surface area contributed by atoms with E-state index in [9.17, 15) is 22.8 Å². The number of ether oxygens (including phenoxy) is 1. The Labute approximate surface area is 125 Å². The minimum Gasteiger partial charge on any atom is -0.467 e. The smallest absolute Gasteiger partial charge is 0.416 e. The molecule has 22 heavy (non-hydrogen) atoms. The van der Waals surface area contributed by atoms with Crippen LogP contribution in [-0.4, -0.2) is 25.0 Å². The molecule has 0 heterocycles. The summed E-state index contributed by atoms with van der Waals surface area (Å²) in [7, 11) is 1.20. The standard InChI is InChI=1S/C15H16F3NO3/c1-9(12(20)22-2)19-13(21)14(6-7-14)10-4-3-5-11(8-10)15(16,17)18/h3-5,8-9H,6-7H2,1-2H3,(H,19,21)/t9-/m1/s1. The number of halogens is 3. The number of esters is 1. The van der Waals surface area contributed by atoms with Crippen LogP contribution in [0.2, 0.25) is 0 Å². The van der Waals surface area contributed by atoms with Gasteiger partial charge in [0.15, 0.2) is 0 Å². The van der Waals surface area contributed by atoms with Crippen LogP contribution in [0, 0.1) is 0 Å². The Balaban J connectivity index is 2.21. The molecule has 4 nitrogen and oxygen atoms in total. The highest BCUT2D eigenvalue weighted by atomic mass is 19.4. The fourth-order valence-electron chi connectivity index (χ4n) is 2.34. The lowest BCUT2D eigenvalue weighted by atomic mass is 9.93. The van der Waals surface area contributed by atoms with E-state index in [0.717, 1.165) is 12.1 Å². The second-order valence-corrected chi connectivity index (χ2v) is 5.38. The molecular formula is C15H16F3NO3. The van der Waals surface area contributed by atoms with Crippen LogP contribution in [0.25, 0.3) is 0 Å². The van der Waals surface area contributed by atoms with Crippen LogP contribution in [0.4, 0.5) is 13.2 Å². The van der Waals surface area contributed by atoms with E-state index >= 15 is 0 Å². The Morgan fingerprint density at radius 2 is 1.95 bits per heavy atom. The van der Waals surface area contributed by atoms with Gasteiger partial charge in [0, 0.05) is 0 Å². The third kappa shape index (κ3) is 3.08. The molecule has 1 saturated carbocycles. The quantitative estimate of drug-likeness (QED) is 0.868. The third-order valence-corrected chi connectivity index (χ3v) is 3.83. The van der Waals surface area contributed by atoms with E-state index in [4.69, 9.17) is 0 Å². The van der Waals surface area contributed by atoms with Crippen molar-refractivity contribution in [2.45, 2.75) is 37.4 Å². The second-order valence-electron chi connectivity index (χ2n) is 5.38. The summed E-state index contributed by atoms with van der Waals surface area (Å²) in [5.41, 5.74) is -1.45. The van der Waals surface area contributed by atoms with E-state index in [1.807, 2.05) is 0 Å². The topological polar surface area (TPSA) is 55.4 Å². The molecule has 0 aliphatic heterocycles. The van der Waals surface area contributed by atoms with Crippen LogP contribution in [0.1, 0.15) is 30.9 Å². The number of hydrogen-bond acceptors (Lipinski definition) is 3. The fraction of sp³-hybridized carbons (Fsp3) is 0.467. The summed E-state index contributed by atoms with van der Waals surface area (Å²) < 4.78 is 42.8. The van der Waals surface area contributed by atoms with Crippen molar-refractivity contribution >= 4 is 11.9 Å². The predicted octanol–water partition coefficient (Wildman–Crippen LogP) is 2.41. The first-order valence-corrected chi connectivity index (χ1v) is 6.77. The molecule has 7 heteroatoms. The van der Waals surface area contributed by atoms with Crippen molar-refractivity contribution in [2.24, 2.45) is 0 Å². The number of rotatable bonds is 4. The minimum absolute atomic E-state index is 0.317. The molecule has 1 atom stereocenters. The molecule has 1 aliphatic carbocycles. The first-order chi connectivity index (χ1) is 10.2. The van der Waals surface area contributed by atoms with Crippen molar-refractivity contribution < 1.29 is 27.5 Å². The van der Waals surface area contributed by atoms with Gasteiger partial charge in [-0.2, -0.15) is 13.2 Å². The molecule has 0 spiro atoms. The summed E-state index contributed by atoms with van der Waals surface area (Å²) in [5.74, 6) is -1.06. The minimum atomic E-state index is -4.46. The van der Waals surface area contributed by atoms with Gasteiger partial charge >= 0.3 is 12.1 Å². The summed E-state index contributed by atoms with van der Waals surface area (Å²) in [6.45, 7) is 1.46. The molecule has 120 valence electrons. The Bertz CT molecular complexity index is 594. The largest absolute Gasteiger partial charge is 0.467 e. The molecule has 0 bridgehead atoms. The maximum atomic E-state index is 12.8. The van der Waals surface area contributed by atoms with E-state index in [-0.39, 0.29) is 0 Å². The number of amides is 1. The number of carbonyl (C=O) groups is 2. The number of nitrogens with one attached hydrogen (secondary N) is 1. The number of alkyl halides is 3. The molecule has 1 aromatic carbocycles. The van der Waals surface area contributed by atoms with Crippen molar-refractivity contribution in [1.82, 2.24) is 5.32 Å². The monoisotopic (exact) mass is 315 g/mol. The molecule has 0 aromatic heterocycles. The van der Waals surface area contributed by atoms with Crippen LogP contribution in [0.5, 0.6) is 0 Å². The highest BCUT2D eigenvalue weighted by Gasteiger charge is 2.52. The van der Waals surface area contributed by atoms with Gasteiger partial charge in [-0.3, -0.25) is 4.79 Å². The fourth-order valence-corrected chi connectivity index (χ4v) is 2.34. The first-order valence-electron chi connectivity index (χ1n) is 6.77. The van der Waals surface area contributed by atoms with Crippen LogP contribution < -0.4 is 5.32 Å². The van der Waals surface area contributed by atoms with Crippen molar-refractivity contribution in [1.29, 1.82) is 0 Å². The van der Waals surface area contributed by atoms with E-state index < -0.39 is 35.1 Å². The van der Waals surface area contributed by atoms with Crippen molar-refractivity contribution in [3.8, 4) is 0 Å². The Hall–Kier alpha value is -2.05. The van der Waals surface area contributed by atoms with E-state index in [1.165, 1.54) is 26.2 Å². The van der Waals surface area contributed by atoms with Crippen LogP contribution in [0.15, 0.2) is 24.3 Å². The SMILES string of the molecule is COC(=O)[C@@H](C)NC(=O)C1(c2cccc(C(F)(F)F)c2)CC1. The number of carbonyl (C=O) groups excluding carboxylic acids is 2. The van der Waals surface area contributed by atoms with Gasteiger partial charge in [0.1, 0.15) is 6.04 Å². The maximum absolute atomic E-state index is 12.8. The Morgan fingerprint density at radius 3 is 2.45 bits per heavy atom. The summed E-state index contributed by atoms with van der Waals surface area (Å²) in [5, 5.41) is 2.50. The van der Waals surface area contributed by atoms with Crippen molar-refractivity contribution in [3.05, 3.63) is 35.4 Å². The van der Waals surface area contributed by atoms with E-state index in [2.05, 4.69) is 10.1 Å². The molecule has 1 aromatic rings. The number of hydrogen-bond donors (Lipinski definition) is 1. The Morgan fingerprint density at radius 1 is 1.32 bits per heavy atom. The van der Waals surface area contributed by atoms with Gasteiger partial charge in [0.2, 0.25) is 5.91 Å². The van der Waals surface area contributed by atoms with Crippen LogP contribution >= 0.6 is 0 Å². The number of methoxy groups -OCH3 is 1. The van der Waals surface area contributed by atoms with Gasteiger partial charge in [0.05, 0.1) is 18.1 Å². The zero-order chi connectivity index (χ0) is 16.5. The maximum Gasteiger partial charge on any atom is 0.416 e. The molecule has 0 saturated heterocycles. The molecule has 2 rings (SSSR count). The van der Waals surface area contributed by atoms with Gasteiger partial charge in [0.25, 0.3) is 0 Å². The average molecular weight is 315 g/mol. The summed E-state index contributed by atoms with van der Waals surface area (Å²) >= 11 is 0. The van der Waals surface area contributed by atoms with Gasteiger partial charge in [-0.1, -0.05) is 18.2 Å². The van der Waals surface area contributed by atoms with Crippen molar-refractivity contribution in [2.75, 3.05) is 7.11 Å². The lowest BCUT2D eigenvalue weighted by Gasteiger charge is -2.19.